The molecule has 1 heterocycles. The Labute approximate surface area is 181 Å². The number of nitrogens with zero attached hydrogens (tertiary/aromatic N) is 1. The van der Waals surface area contributed by atoms with Gasteiger partial charge in [0.2, 0.25) is 17.7 Å². The van der Waals surface area contributed by atoms with Crippen molar-refractivity contribution in [3.8, 4) is 5.75 Å². The van der Waals surface area contributed by atoms with E-state index < -0.39 is 30.0 Å². The number of nitrogens with one attached hydrogen (secondary N) is 1. The second kappa shape index (κ2) is 10.1. The molecular weight excluding hydrogens is 398 g/mol. The zero-order chi connectivity index (χ0) is 22.4. The Hall–Kier alpha value is -3.39. The third-order valence-corrected chi connectivity index (χ3v) is 5.23. The number of carbonyl (C=O) groups is 3. The zero-order valence-electron chi connectivity index (χ0n) is 17.4. The van der Waals surface area contributed by atoms with E-state index in [1.165, 1.54) is 11.8 Å². The molecule has 4 N–H and O–H groups in total. The van der Waals surface area contributed by atoms with Crippen LogP contribution in [-0.2, 0) is 27.4 Å². The lowest BCUT2D eigenvalue weighted by Gasteiger charge is -2.24. The Kier molecular flexibility index (Phi) is 7.25. The van der Waals surface area contributed by atoms with E-state index in [1.54, 1.807) is 12.1 Å². The van der Waals surface area contributed by atoms with Gasteiger partial charge in [-0.2, -0.15) is 0 Å². The summed E-state index contributed by atoms with van der Waals surface area (Å²) in [6.45, 7) is 1.84. The first-order valence-corrected chi connectivity index (χ1v) is 10.1. The van der Waals surface area contributed by atoms with Crippen molar-refractivity contribution in [3.63, 3.8) is 0 Å². The number of aliphatic hydroxyl groups excluding tert-OH is 1. The van der Waals surface area contributed by atoms with Crippen LogP contribution >= 0.6 is 0 Å². The summed E-state index contributed by atoms with van der Waals surface area (Å²) in [5, 5.41) is 12.5. The first-order chi connectivity index (χ1) is 14.8. The van der Waals surface area contributed by atoms with Crippen molar-refractivity contribution in [2.45, 2.75) is 44.6 Å². The highest BCUT2D eigenvalue weighted by atomic mass is 16.5. The van der Waals surface area contributed by atoms with E-state index in [0.717, 1.165) is 11.1 Å². The number of nitrogens with two attached hydrogens (primary N) is 1. The number of β-amino-alcohol motifs (C(OH)–C–C–N with tert-alkyl or cyclic N) is 1. The van der Waals surface area contributed by atoms with Gasteiger partial charge in [0.05, 0.1) is 6.10 Å². The Morgan fingerprint density at radius 1 is 1.16 bits per heavy atom. The molecule has 0 radical (unpaired) electrons. The van der Waals surface area contributed by atoms with Crippen molar-refractivity contribution in [3.05, 3.63) is 65.7 Å². The number of aliphatic hydroxyl groups is 1. The van der Waals surface area contributed by atoms with Gasteiger partial charge in [-0.05, 0) is 23.3 Å². The number of carbonyl (C=O) groups excluding carboxylic acids is 3. The van der Waals surface area contributed by atoms with Crippen molar-refractivity contribution < 1.29 is 24.2 Å². The molecule has 0 aliphatic carbocycles. The van der Waals surface area contributed by atoms with Gasteiger partial charge < -0.3 is 25.8 Å². The number of rotatable bonds is 8. The van der Waals surface area contributed by atoms with Gasteiger partial charge in [0, 0.05) is 26.3 Å². The molecule has 2 aromatic rings. The largest absolute Gasteiger partial charge is 0.489 e. The van der Waals surface area contributed by atoms with Crippen LogP contribution in [0.4, 0.5) is 0 Å². The maximum absolute atomic E-state index is 12.7. The lowest BCUT2D eigenvalue weighted by Crippen LogP contribution is -2.52. The number of likely N-dealkylation sites (tertiary alicyclic amines) is 1. The highest BCUT2D eigenvalue weighted by molar-refractivity contribution is 5.91. The Morgan fingerprint density at radius 2 is 1.87 bits per heavy atom. The van der Waals surface area contributed by atoms with Gasteiger partial charge >= 0.3 is 0 Å². The van der Waals surface area contributed by atoms with Gasteiger partial charge in [-0.1, -0.05) is 42.5 Å². The molecule has 0 saturated carbocycles. The number of hydrogen-bond acceptors (Lipinski definition) is 5. The van der Waals surface area contributed by atoms with Crippen LogP contribution in [-0.4, -0.2) is 52.5 Å². The van der Waals surface area contributed by atoms with Crippen LogP contribution in [0.2, 0.25) is 0 Å². The van der Waals surface area contributed by atoms with Crippen LogP contribution in [0.5, 0.6) is 5.75 Å². The minimum absolute atomic E-state index is 0.0927. The van der Waals surface area contributed by atoms with E-state index in [0.29, 0.717) is 12.4 Å². The molecule has 0 bridgehead atoms. The van der Waals surface area contributed by atoms with E-state index in [9.17, 15) is 19.5 Å². The average Bonchev–Trinajstić information content (AvgIpc) is 3.15. The fraction of sp³-hybridized carbons (Fsp3) is 0.348. The predicted molar refractivity (Wildman–Crippen MR) is 114 cm³/mol. The summed E-state index contributed by atoms with van der Waals surface area (Å²) in [4.78, 5) is 37.7. The molecule has 0 unspecified atom stereocenters. The van der Waals surface area contributed by atoms with Crippen LogP contribution in [0.1, 0.15) is 24.5 Å². The van der Waals surface area contributed by atoms with Gasteiger partial charge in [-0.25, -0.2) is 0 Å². The second-order valence-electron chi connectivity index (χ2n) is 7.67. The van der Waals surface area contributed by atoms with Gasteiger partial charge in [-0.3, -0.25) is 14.4 Å². The third kappa shape index (κ3) is 6.05. The number of amides is 3. The van der Waals surface area contributed by atoms with Crippen molar-refractivity contribution in [2.24, 2.45) is 5.73 Å². The standard InChI is InChI=1S/C23H27N3O5/c1-15(27)26-13-18(28)12-21(26)23(30)25-20(22(24)29)11-17-8-5-9-19(10-17)31-14-16-6-3-2-4-7-16/h2-10,18,20-21,28H,11-14H2,1H3,(H2,24,29)(H,25,30)/t18-,20-,21+/m1/s1. The molecule has 1 fully saturated rings. The van der Waals surface area contributed by atoms with Crippen LogP contribution in [0.15, 0.2) is 54.6 Å². The van der Waals surface area contributed by atoms with E-state index in [-0.39, 0.29) is 25.3 Å². The highest BCUT2D eigenvalue weighted by Crippen LogP contribution is 2.19. The smallest absolute Gasteiger partial charge is 0.243 e. The molecule has 2 aromatic carbocycles. The van der Waals surface area contributed by atoms with Crippen LogP contribution in [0, 0.1) is 0 Å². The fourth-order valence-electron chi connectivity index (χ4n) is 3.64. The molecule has 3 rings (SSSR count). The van der Waals surface area contributed by atoms with Gasteiger partial charge in [0.1, 0.15) is 24.4 Å². The van der Waals surface area contributed by atoms with E-state index >= 15 is 0 Å². The fourth-order valence-corrected chi connectivity index (χ4v) is 3.64. The van der Waals surface area contributed by atoms with Gasteiger partial charge in [0.15, 0.2) is 0 Å². The summed E-state index contributed by atoms with van der Waals surface area (Å²) in [6.07, 6.45) is -0.469. The van der Waals surface area contributed by atoms with E-state index in [4.69, 9.17) is 10.5 Å². The quantitative estimate of drug-likeness (QED) is 0.576. The third-order valence-electron chi connectivity index (χ3n) is 5.23. The van der Waals surface area contributed by atoms with Crippen molar-refractivity contribution >= 4 is 17.7 Å². The molecule has 8 heteroatoms. The molecule has 1 aliphatic rings. The maximum atomic E-state index is 12.7. The normalized spacial score (nSPS) is 19.0. The second-order valence-corrected chi connectivity index (χ2v) is 7.67. The molecule has 3 amide bonds. The van der Waals surface area contributed by atoms with Crippen molar-refractivity contribution in [1.29, 1.82) is 0 Å². The summed E-state index contributed by atoms with van der Waals surface area (Å²) in [5.41, 5.74) is 7.31. The molecule has 164 valence electrons. The summed E-state index contributed by atoms with van der Waals surface area (Å²) in [6, 6.07) is 15.2. The molecule has 1 aliphatic heterocycles. The van der Waals surface area contributed by atoms with Crippen molar-refractivity contribution in [1.82, 2.24) is 10.2 Å². The monoisotopic (exact) mass is 425 g/mol. The maximum Gasteiger partial charge on any atom is 0.243 e. The number of ether oxygens (including phenoxy) is 1. The summed E-state index contributed by atoms with van der Waals surface area (Å²) in [5.74, 6) is -0.864. The van der Waals surface area contributed by atoms with Gasteiger partial charge in [-0.15, -0.1) is 0 Å². The van der Waals surface area contributed by atoms with E-state index in [1.807, 2.05) is 42.5 Å². The SMILES string of the molecule is CC(=O)N1C[C@H](O)C[C@H]1C(=O)N[C@H](Cc1cccc(OCc2ccccc2)c1)C(N)=O. The predicted octanol–water partition coefficient (Wildman–Crippen LogP) is 0.760. The Morgan fingerprint density at radius 3 is 2.55 bits per heavy atom. The zero-order valence-corrected chi connectivity index (χ0v) is 17.4. The Balaban J connectivity index is 1.64. The molecule has 1 saturated heterocycles. The molecule has 0 spiro atoms. The first-order valence-electron chi connectivity index (χ1n) is 10.1. The Bertz CT molecular complexity index is 934. The first kappa shape index (κ1) is 22.3. The minimum Gasteiger partial charge on any atom is -0.489 e. The molecule has 8 nitrogen and oxygen atoms in total. The topological polar surface area (TPSA) is 122 Å². The average molecular weight is 425 g/mol. The summed E-state index contributed by atoms with van der Waals surface area (Å²) in [7, 11) is 0. The number of primary amides is 1. The summed E-state index contributed by atoms with van der Waals surface area (Å²) >= 11 is 0. The van der Waals surface area contributed by atoms with Crippen molar-refractivity contribution in [2.75, 3.05) is 6.54 Å². The van der Waals surface area contributed by atoms with Crippen LogP contribution < -0.4 is 15.8 Å². The molecule has 31 heavy (non-hydrogen) atoms. The van der Waals surface area contributed by atoms with Crippen LogP contribution in [0.25, 0.3) is 0 Å². The van der Waals surface area contributed by atoms with Gasteiger partial charge in [0.25, 0.3) is 0 Å². The lowest BCUT2D eigenvalue weighted by atomic mass is 10.0. The van der Waals surface area contributed by atoms with Crippen LogP contribution in [0.3, 0.4) is 0 Å². The highest BCUT2D eigenvalue weighted by Gasteiger charge is 2.38. The molecular formula is C23H27N3O5. The molecule has 0 aromatic heterocycles. The lowest BCUT2D eigenvalue weighted by molar-refractivity contribution is -0.138. The minimum atomic E-state index is -0.955. The van der Waals surface area contributed by atoms with E-state index in [2.05, 4.69) is 5.32 Å². The summed E-state index contributed by atoms with van der Waals surface area (Å²) < 4.78 is 5.81. The number of hydrogen-bond donors (Lipinski definition) is 3. The molecule has 3 atom stereocenters. The number of benzene rings is 2.